The normalized spacial score (nSPS) is 19.4. The number of aromatic nitrogens is 1. The maximum absolute atomic E-state index is 11.4. The SMILES string of the molecule is O=c1ccccn1CCNCC1CC=CCC1. The zero-order valence-electron chi connectivity index (χ0n) is 10.1. The highest BCUT2D eigenvalue weighted by atomic mass is 16.1. The number of pyridine rings is 1. The highest BCUT2D eigenvalue weighted by molar-refractivity contribution is 4.93. The number of hydrogen-bond donors (Lipinski definition) is 1. The monoisotopic (exact) mass is 232 g/mol. The predicted octanol–water partition coefficient (Wildman–Crippen LogP) is 1.79. The molecule has 0 bridgehead atoms. The second kappa shape index (κ2) is 6.40. The van der Waals surface area contributed by atoms with E-state index in [1.165, 1.54) is 19.3 Å². The van der Waals surface area contributed by atoms with E-state index in [9.17, 15) is 4.79 Å². The van der Waals surface area contributed by atoms with Gasteiger partial charge in [-0.2, -0.15) is 0 Å². The number of allylic oxidation sites excluding steroid dienone is 2. The van der Waals surface area contributed by atoms with Crippen LogP contribution in [0.5, 0.6) is 0 Å². The largest absolute Gasteiger partial charge is 0.315 e. The van der Waals surface area contributed by atoms with Gasteiger partial charge < -0.3 is 9.88 Å². The maximum Gasteiger partial charge on any atom is 0.250 e. The molecule has 1 atom stereocenters. The van der Waals surface area contributed by atoms with Gasteiger partial charge in [-0.3, -0.25) is 4.79 Å². The highest BCUT2D eigenvalue weighted by Gasteiger charge is 2.08. The van der Waals surface area contributed by atoms with Gasteiger partial charge in [0.25, 0.3) is 5.56 Å². The fourth-order valence-electron chi connectivity index (χ4n) is 2.19. The molecule has 3 nitrogen and oxygen atoms in total. The minimum atomic E-state index is 0.0786. The van der Waals surface area contributed by atoms with E-state index in [1.807, 2.05) is 12.3 Å². The lowest BCUT2D eigenvalue weighted by Gasteiger charge is -2.18. The van der Waals surface area contributed by atoms with Crippen molar-refractivity contribution >= 4 is 0 Å². The summed E-state index contributed by atoms with van der Waals surface area (Å²) in [5, 5.41) is 3.44. The summed E-state index contributed by atoms with van der Waals surface area (Å²) in [6.45, 7) is 2.68. The quantitative estimate of drug-likeness (QED) is 0.620. The Bertz CT molecular complexity index is 422. The first-order chi connectivity index (χ1) is 8.36. The lowest BCUT2D eigenvalue weighted by atomic mass is 9.94. The molecule has 1 unspecified atom stereocenters. The van der Waals surface area contributed by atoms with Gasteiger partial charge in [0.15, 0.2) is 0 Å². The van der Waals surface area contributed by atoms with Gasteiger partial charge in [0.1, 0.15) is 0 Å². The van der Waals surface area contributed by atoms with Crippen molar-refractivity contribution in [2.24, 2.45) is 5.92 Å². The summed E-state index contributed by atoms with van der Waals surface area (Å²) >= 11 is 0. The van der Waals surface area contributed by atoms with Crippen LogP contribution in [0.3, 0.4) is 0 Å². The van der Waals surface area contributed by atoms with Crippen LogP contribution in [-0.2, 0) is 6.54 Å². The molecule has 3 heteroatoms. The van der Waals surface area contributed by atoms with E-state index in [-0.39, 0.29) is 5.56 Å². The average Bonchev–Trinajstić information content (AvgIpc) is 2.38. The Balaban J connectivity index is 1.68. The number of hydrogen-bond acceptors (Lipinski definition) is 2. The Morgan fingerprint density at radius 1 is 1.35 bits per heavy atom. The third-order valence-electron chi connectivity index (χ3n) is 3.24. The van der Waals surface area contributed by atoms with Gasteiger partial charge in [-0.25, -0.2) is 0 Å². The van der Waals surface area contributed by atoms with Crippen molar-refractivity contribution in [3.05, 3.63) is 46.9 Å². The topological polar surface area (TPSA) is 34.0 Å². The minimum absolute atomic E-state index is 0.0786. The molecule has 0 aliphatic heterocycles. The second-order valence-electron chi connectivity index (χ2n) is 4.59. The number of nitrogens with one attached hydrogen (secondary N) is 1. The Kier molecular flexibility index (Phi) is 4.56. The molecule has 0 fully saturated rings. The van der Waals surface area contributed by atoms with Gasteiger partial charge in [-0.1, -0.05) is 18.2 Å². The van der Waals surface area contributed by atoms with Crippen LogP contribution in [0.15, 0.2) is 41.3 Å². The van der Waals surface area contributed by atoms with E-state index in [1.54, 1.807) is 16.7 Å². The average molecular weight is 232 g/mol. The van der Waals surface area contributed by atoms with Crippen LogP contribution >= 0.6 is 0 Å². The van der Waals surface area contributed by atoms with E-state index >= 15 is 0 Å². The Morgan fingerprint density at radius 2 is 2.29 bits per heavy atom. The van der Waals surface area contributed by atoms with Crippen LogP contribution in [0.2, 0.25) is 0 Å². The summed E-state index contributed by atoms with van der Waals surface area (Å²) < 4.78 is 1.74. The van der Waals surface area contributed by atoms with Crippen LogP contribution in [0.1, 0.15) is 19.3 Å². The zero-order valence-corrected chi connectivity index (χ0v) is 10.1. The highest BCUT2D eigenvalue weighted by Crippen LogP contribution is 2.16. The molecule has 1 aliphatic carbocycles. The summed E-state index contributed by atoms with van der Waals surface area (Å²) in [5.41, 5.74) is 0.0786. The third-order valence-corrected chi connectivity index (χ3v) is 3.24. The molecule has 1 aliphatic rings. The lowest BCUT2D eigenvalue weighted by Crippen LogP contribution is -2.29. The molecular formula is C14H20N2O. The molecule has 0 aromatic carbocycles. The molecule has 2 rings (SSSR count). The van der Waals surface area contributed by atoms with Crippen molar-refractivity contribution in [1.82, 2.24) is 9.88 Å². The molecule has 17 heavy (non-hydrogen) atoms. The van der Waals surface area contributed by atoms with Crippen molar-refractivity contribution in [3.8, 4) is 0 Å². The summed E-state index contributed by atoms with van der Waals surface area (Å²) in [7, 11) is 0. The standard InChI is InChI=1S/C14H20N2O/c17-14-8-4-5-10-16(14)11-9-15-12-13-6-2-1-3-7-13/h1-2,4-5,8,10,13,15H,3,6-7,9,11-12H2. The number of rotatable bonds is 5. The molecule has 0 saturated heterocycles. The first-order valence-electron chi connectivity index (χ1n) is 6.37. The smallest absolute Gasteiger partial charge is 0.250 e. The molecule has 1 aromatic heterocycles. The summed E-state index contributed by atoms with van der Waals surface area (Å²) in [4.78, 5) is 11.4. The predicted molar refractivity (Wildman–Crippen MR) is 70.1 cm³/mol. The zero-order chi connectivity index (χ0) is 11.9. The number of nitrogens with zero attached hydrogens (tertiary/aromatic N) is 1. The van der Waals surface area contributed by atoms with Crippen LogP contribution in [0, 0.1) is 5.92 Å². The molecule has 0 amide bonds. The molecule has 1 heterocycles. The van der Waals surface area contributed by atoms with E-state index in [4.69, 9.17) is 0 Å². The molecule has 92 valence electrons. The van der Waals surface area contributed by atoms with Crippen molar-refractivity contribution in [3.63, 3.8) is 0 Å². The molecule has 0 saturated carbocycles. The third kappa shape index (κ3) is 3.86. The van der Waals surface area contributed by atoms with Crippen LogP contribution in [0.25, 0.3) is 0 Å². The van der Waals surface area contributed by atoms with Gasteiger partial charge >= 0.3 is 0 Å². The van der Waals surface area contributed by atoms with Gasteiger partial charge in [0, 0.05) is 25.4 Å². The van der Waals surface area contributed by atoms with Crippen molar-refractivity contribution in [1.29, 1.82) is 0 Å². The van der Waals surface area contributed by atoms with Gasteiger partial charge in [0.2, 0.25) is 0 Å². The van der Waals surface area contributed by atoms with Crippen LogP contribution < -0.4 is 10.9 Å². The molecule has 1 N–H and O–H groups in total. The summed E-state index contributed by atoms with van der Waals surface area (Å²) in [5.74, 6) is 0.771. The Morgan fingerprint density at radius 3 is 3.06 bits per heavy atom. The van der Waals surface area contributed by atoms with E-state index < -0.39 is 0 Å². The molecular weight excluding hydrogens is 212 g/mol. The Hall–Kier alpha value is -1.35. The molecule has 0 radical (unpaired) electrons. The van der Waals surface area contributed by atoms with E-state index in [2.05, 4.69) is 17.5 Å². The molecule has 1 aromatic rings. The van der Waals surface area contributed by atoms with Gasteiger partial charge in [-0.15, -0.1) is 0 Å². The minimum Gasteiger partial charge on any atom is -0.315 e. The van der Waals surface area contributed by atoms with Crippen molar-refractivity contribution in [2.45, 2.75) is 25.8 Å². The second-order valence-corrected chi connectivity index (χ2v) is 4.59. The van der Waals surface area contributed by atoms with Crippen molar-refractivity contribution in [2.75, 3.05) is 13.1 Å². The van der Waals surface area contributed by atoms with Gasteiger partial charge in [-0.05, 0) is 37.8 Å². The fourth-order valence-corrected chi connectivity index (χ4v) is 2.19. The van der Waals surface area contributed by atoms with Crippen LogP contribution in [-0.4, -0.2) is 17.7 Å². The fraction of sp³-hybridized carbons (Fsp3) is 0.500. The first kappa shape index (κ1) is 12.1. The first-order valence-corrected chi connectivity index (χ1v) is 6.37. The van der Waals surface area contributed by atoms with E-state index in [0.717, 1.165) is 25.6 Å². The Labute approximate surface area is 102 Å². The summed E-state index contributed by atoms with van der Waals surface area (Å²) in [6, 6.07) is 5.28. The van der Waals surface area contributed by atoms with Crippen molar-refractivity contribution < 1.29 is 0 Å². The van der Waals surface area contributed by atoms with E-state index in [0.29, 0.717) is 0 Å². The van der Waals surface area contributed by atoms with Crippen LogP contribution in [0.4, 0.5) is 0 Å². The molecule has 0 spiro atoms. The van der Waals surface area contributed by atoms with Gasteiger partial charge in [0.05, 0.1) is 0 Å². The lowest BCUT2D eigenvalue weighted by molar-refractivity contribution is 0.433. The maximum atomic E-state index is 11.4. The summed E-state index contributed by atoms with van der Waals surface area (Å²) in [6.07, 6.45) is 10.1.